The van der Waals surface area contributed by atoms with Gasteiger partial charge in [0.15, 0.2) is 11.6 Å². The Labute approximate surface area is 142 Å². The fourth-order valence-electron chi connectivity index (χ4n) is 3.13. The highest BCUT2D eigenvalue weighted by Crippen LogP contribution is 2.33. The maximum atomic E-state index is 13.0. The van der Waals surface area contributed by atoms with Crippen LogP contribution in [0.4, 0.5) is 5.69 Å². The van der Waals surface area contributed by atoms with E-state index in [9.17, 15) is 9.59 Å². The molecule has 0 spiro atoms. The molecular weight excluding hydrogens is 300 g/mol. The lowest BCUT2D eigenvalue weighted by Gasteiger charge is -2.22. The number of nitrogens with one attached hydrogen (secondary N) is 1. The van der Waals surface area contributed by atoms with Crippen LogP contribution in [-0.4, -0.2) is 43.7 Å². The van der Waals surface area contributed by atoms with Gasteiger partial charge in [-0.05, 0) is 45.6 Å². The van der Waals surface area contributed by atoms with Crippen LogP contribution in [0.15, 0.2) is 36.4 Å². The topological polar surface area (TPSA) is 49.4 Å². The van der Waals surface area contributed by atoms with E-state index in [0.717, 1.165) is 30.8 Å². The highest BCUT2D eigenvalue weighted by Gasteiger charge is 2.31. The van der Waals surface area contributed by atoms with E-state index < -0.39 is 0 Å². The first kappa shape index (κ1) is 16.4. The summed E-state index contributed by atoms with van der Waals surface area (Å²) in [7, 11) is 4.07. The average molecular weight is 322 g/mol. The number of carbonyl (C=O) groups excluding carboxylic acids is 2. The van der Waals surface area contributed by atoms with Gasteiger partial charge in [-0.25, -0.2) is 0 Å². The fourth-order valence-corrected chi connectivity index (χ4v) is 3.13. The Kier molecular flexibility index (Phi) is 4.49. The van der Waals surface area contributed by atoms with Crippen LogP contribution in [0.25, 0.3) is 0 Å². The average Bonchev–Trinajstić information content (AvgIpc) is 2.57. The Morgan fingerprint density at radius 3 is 2.25 bits per heavy atom. The summed E-state index contributed by atoms with van der Waals surface area (Å²) in [6.45, 7) is 3.70. The molecule has 0 saturated carbocycles. The summed E-state index contributed by atoms with van der Waals surface area (Å²) in [4.78, 5) is 27.8. The maximum Gasteiger partial charge on any atom is 0.196 e. The third-order valence-electron chi connectivity index (χ3n) is 4.39. The molecule has 0 radical (unpaired) electrons. The van der Waals surface area contributed by atoms with Crippen LogP contribution < -0.4 is 5.32 Å². The number of ketones is 2. The number of fused-ring (bicyclic) bond motifs is 2. The largest absolute Gasteiger partial charge is 0.384 e. The molecule has 0 amide bonds. The molecule has 4 nitrogen and oxygen atoms in total. The van der Waals surface area contributed by atoms with Gasteiger partial charge in [0.2, 0.25) is 0 Å². The molecule has 0 atom stereocenters. The lowest BCUT2D eigenvalue weighted by Crippen LogP contribution is -2.24. The van der Waals surface area contributed by atoms with Crippen molar-refractivity contribution in [1.29, 1.82) is 0 Å². The van der Waals surface area contributed by atoms with Gasteiger partial charge in [0.05, 0.1) is 5.56 Å². The molecule has 1 aliphatic rings. The first-order valence-electron chi connectivity index (χ1n) is 8.21. The van der Waals surface area contributed by atoms with Gasteiger partial charge in [0.1, 0.15) is 0 Å². The van der Waals surface area contributed by atoms with E-state index in [-0.39, 0.29) is 11.6 Å². The molecule has 2 aromatic carbocycles. The maximum absolute atomic E-state index is 13.0. The molecule has 0 aliphatic heterocycles. The van der Waals surface area contributed by atoms with E-state index in [4.69, 9.17) is 0 Å². The minimum absolute atomic E-state index is 0.0704. The number of nitrogens with zero attached hydrogens (tertiary/aromatic N) is 1. The van der Waals surface area contributed by atoms with E-state index in [2.05, 4.69) is 10.2 Å². The number of anilines is 1. The molecular formula is C20H22N2O2. The first-order valence-corrected chi connectivity index (χ1v) is 8.21. The van der Waals surface area contributed by atoms with Crippen molar-refractivity contribution >= 4 is 17.3 Å². The van der Waals surface area contributed by atoms with E-state index in [0.29, 0.717) is 22.3 Å². The van der Waals surface area contributed by atoms with Gasteiger partial charge in [0.25, 0.3) is 0 Å². The minimum atomic E-state index is -0.0726. The zero-order chi connectivity index (χ0) is 17.3. The van der Waals surface area contributed by atoms with E-state index in [1.807, 2.05) is 27.1 Å². The fraction of sp³-hybridized carbons (Fsp3) is 0.300. The van der Waals surface area contributed by atoms with Crippen molar-refractivity contribution < 1.29 is 9.59 Å². The summed E-state index contributed by atoms with van der Waals surface area (Å²) in [6.07, 6.45) is 0.967. The van der Waals surface area contributed by atoms with E-state index >= 15 is 0 Å². The second-order valence-corrected chi connectivity index (χ2v) is 6.47. The minimum Gasteiger partial charge on any atom is -0.384 e. The van der Waals surface area contributed by atoms with Crippen LogP contribution in [0.5, 0.6) is 0 Å². The summed E-state index contributed by atoms with van der Waals surface area (Å²) in [5, 5.41) is 3.38. The molecule has 24 heavy (non-hydrogen) atoms. The van der Waals surface area contributed by atoms with Crippen LogP contribution in [0.2, 0.25) is 0 Å². The Hall–Kier alpha value is -2.46. The van der Waals surface area contributed by atoms with Gasteiger partial charge in [-0.1, -0.05) is 30.3 Å². The first-order chi connectivity index (χ1) is 11.5. The second kappa shape index (κ2) is 6.57. The number of benzene rings is 2. The lowest BCUT2D eigenvalue weighted by molar-refractivity contribution is 0.0979. The third-order valence-corrected chi connectivity index (χ3v) is 4.39. The van der Waals surface area contributed by atoms with Gasteiger partial charge in [-0.15, -0.1) is 0 Å². The van der Waals surface area contributed by atoms with Crippen LogP contribution in [0.3, 0.4) is 0 Å². The predicted molar refractivity (Wildman–Crippen MR) is 96.1 cm³/mol. The van der Waals surface area contributed by atoms with Crippen molar-refractivity contribution in [2.24, 2.45) is 0 Å². The number of hydrogen-bond acceptors (Lipinski definition) is 4. The van der Waals surface area contributed by atoms with Gasteiger partial charge in [0, 0.05) is 28.9 Å². The SMILES string of the molecule is Cc1ccc2c(c1NCCCN(C)C)C(=O)c1ccccc1C2=O. The van der Waals surface area contributed by atoms with Crippen LogP contribution in [0.1, 0.15) is 43.8 Å². The highest BCUT2D eigenvalue weighted by atomic mass is 16.1. The molecule has 2 aromatic rings. The Balaban J connectivity index is 1.98. The number of rotatable bonds is 5. The van der Waals surface area contributed by atoms with Crippen LogP contribution in [-0.2, 0) is 0 Å². The molecule has 0 aromatic heterocycles. The molecule has 4 heteroatoms. The normalized spacial score (nSPS) is 13.0. The molecule has 1 aliphatic carbocycles. The summed E-state index contributed by atoms with van der Waals surface area (Å²) < 4.78 is 0. The van der Waals surface area contributed by atoms with Gasteiger partial charge in [-0.2, -0.15) is 0 Å². The number of hydrogen-bond donors (Lipinski definition) is 1. The van der Waals surface area contributed by atoms with Gasteiger partial charge in [-0.3, -0.25) is 9.59 Å². The van der Waals surface area contributed by atoms with Gasteiger partial charge >= 0.3 is 0 Å². The monoisotopic (exact) mass is 322 g/mol. The molecule has 124 valence electrons. The summed E-state index contributed by atoms with van der Waals surface area (Å²) in [5.41, 5.74) is 3.79. The van der Waals surface area contributed by atoms with Crippen molar-refractivity contribution in [2.45, 2.75) is 13.3 Å². The van der Waals surface area contributed by atoms with Crippen molar-refractivity contribution in [3.63, 3.8) is 0 Å². The molecule has 0 unspecified atom stereocenters. The van der Waals surface area contributed by atoms with Crippen molar-refractivity contribution in [1.82, 2.24) is 4.90 Å². The van der Waals surface area contributed by atoms with Crippen molar-refractivity contribution in [3.05, 3.63) is 64.2 Å². The molecule has 0 heterocycles. The summed E-state index contributed by atoms with van der Waals surface area (Å²) >= 11 is 0. The second-order valence-electron chi connectivity index (χ2n) is 6.47. The Morgan fingerprint density at radius 1 is 0.917 bits per heavy atom. The van der Waals surface area contributed by atoms with E-state index in [1.165, 1.54) is 0 Å². The van der Waals surface area contributed by atoms with Crippen LogP contribution in [0, 0.1) is 6.92 Å². The summed E-state index contributed by atoms with van der Waals surface area (Å²) in [5.74, 6) is -0.143. The molecule has 3 rings (SSSR count). The predicted octanol–water partition coefficient (Wildman–Crippen LogP) is 3.13. The number of carbonyl (C=O) groups is 2. The van der Waals surface area contributed by atoms with Crippen LogP contribution >= 0.6 is 0 Å². The molecule has 0 fully saturated rings. The van der Waals surface area contributed by atoms with Crippen molar-refractivity contribution in [3.8, 4) is 0 Å². The molecule has 0 saturated heterocycles. The zero-order valence-electron chi connectivity index (χ0n) is 14.3. The van der Waals surface area contributed by atoms with Gasteiger partial charge < -0.3 is 10.2 Å². The standard InChI is InChI=1S/C20H22N2O2/c1-13-9-10-16-17(18(13)21-11-6-12-22(2)3)20(24)15-8-5-4-7-14(15)19(16)23/h4-5,7-10,21H,6,11-12H2,1-3H3. The number of aryl methyl sites for hydroxylation is 1. The Morgan fingerprint density at radius 2 is 1.58 bits per heavy atom. The van der Waals surface area contributed by atoms with Crippen molar-refractivity contribution in [2.75, 3.05) is 32.5 Å². The quantitative estimate of drug-likeness (QED) is 0.733. The zero-order valence-corrected chi connectivity index (χ0v) is 14.3. The highest BCUT2D eigenvalue weighted by molar-refractivity contribution is 6.30. The summed E-state index contributed by atoms with van der Waals surface area (Å²) in [6, 6.07) is 10.7. The smallest absolute Gasteiger partial charge is 0.196 e. The molecule has 0 bridgehead atoms. The van der Waals surface area contributed by atoms with E-state index in [1.54, 1.807) is 30.3 Å². The Bertz CT molecular complexity index is 809. The lowest BCUT2D eigenvalue weighted by atomic mass is 9.82. The third kappa shape index (κ3) is 2.85. The molecule has 1 N–H and O–H groups in total.